The number of nitrogen functional groups attached to an aromatic ring is 1. The third kappa shape index (κ3) is 1.97. The van der Waals surface area contributed by atoms with Gasteiger partial charge in [-0.2, -0.15) is 0 Å². The molecule has 1 aromatic carbocycles. The lowest BCUT2D eigenvalue weighted by molar-refractivity contribution is 0.602. The summed E-state index contributed by atoms with van der Waals surface area (Å²) in [4.78, 5) is 12.5. The topological polar surface area (TPSA) is 98.8 Å². The molecule has 0 amide bonds. The summed E-state index contributed by atoms with van der Waals surface area (Å²) in [7, 11) is -3.25. The lowest BCUT2D eigenvalue weighted by atomic mass is 10.1. The Bertz CT molecular complexity index is 906. The predicted octanol–water partition coefficient (Wildman–Crippen LogP) is 1.16. The predicted molar refractivity (Wildman–Crippen MR) is 72.4 cm³/mol. The normalized spacial score (nSPS) is 12.1. The van der Waals surface area contributed by atoms with E-state index < -0.39 is 9.84 Å². The molecule has 0 bridgehead atoms. The summed E-state index contributed by atoms with van der Waals surface area (Å²) in [5, 5.41) is 1.59. The van der Waals surface area contributed by atoms with Crippen LogP contribution in [0.1, 0.15) is 0 Å². The second-order valence-electron chi connectivity index (χ2n) is 4.24. The number of nitrogens with two attached hydrogens (primary N) is 1. The number of aromatic nitrogens is 3. The summed E-state index contributed by atoms with van der Waals surface area (Å²) < 4.78 is 23.0. The van der Waals surface area contributed by atoms with E-state index >= 15 is 0 Å². The van der Waals surface area contributed by atoms with Crippen LogP contribution in [-0.2, 0) is 9.84 Å². The minimum Gasteiger partial charge on any atom is -0.368 e. The van der Waals surface area contributed by atoms with E-state index in [9.17, 15) is 8.42 Å². The minimum atomic E-state index is -3.25. The molecule has 3 rings (SSSR count). The maximum absolute atomic E-state index is 11.5. The Morgan fingerprint density at radius 1 is 1.05 bits per heavy atom. The van der Waals surface area contributed by atoms with Crippen LogP contribution in [0.25, 0.3) is 21.8 Å². The van der Waals surface area contributed by atoms with Gasteiger partial charge in [0.15, 0.2) is 9.84 Å². The smallest absolute Gasteiger partial charge is 0.220 e. The van der Waals surface area contributed by atoms with Crippen LogP contribution in [0.3, 0.4) is 0 Å². The molecule has 2 N–H and O–H groups in total. The summed E-state index contributed by atoms with van der Waals surface area (Å²) in [6.45, 7) is 0. The molecule has 6 nitrogen and oxygen atoms in total. The number of fused-ring (bicyclic) bond motifs is 3. The molecule has 0 aliphatic rings. The maximum Gasteiger partial charge on any atom is 0.220 e. The quantitative estimate of drug-likeness (QED) is 0.668. The number of hydrogen-bond donors (Lipinski definition) is 1. The molecule has 0 atom stereocenters. The van der Waals surface area contributed by atoms with Crippen molar-refractivity contribution in [3.05, 3.63) is 30.6 Å². The Hall–Kier alpha value is -2.28. The van der Waals surface area contributed by atoms with E-state index in [4.69, 9.17) is 5.73 Å². The number of rotatable bonds is 1. The molecule has 0 saturated heterocycles. The molecule has 19 heavy (non-hydrogen) atoms. The van der Waals surface area contributed by atoms with Crippen molar-refractivity contribution in [3.63, 3.8) is 0 Å². The molecule has 0 radical (unpaired) electrons. The monoisotopic (exact) mass is 274 g/mol. The standard InChI is InChI=1S/C12H10N4O2S/c1-19(17,18)7-2-3-8-9-5-15-12(13)16-11(9)6-14-10(8)4-7/h2-6H,1H3,(H2,13,15,16). The van der Waals surface area contributed by atoms with Crippen LogP contribution in [0, 0.1) is 0 Å². The summed E-state index contributed by atoms with van der Waals surface area (Å²) in [5.74, 6) is 0.182. The Labute approximate surface area is 109 Å². The Morgan fingerprint density at radius 3 is 2.58 bits per heavy atom. The largest absolute Gasteiger partial charge is 0.368 e. The zero-order valence-electron chi connectivity index (χ0n) is 10.0. The van der Waals surface area contributed by atoms with Gasteiger partial charge in [-0.1, -0.05) is 6.07 Å². The number of benzene rings is 1. The van der Waals surface area contributed by atoms with Crippen LogP contribution in [-0.4, -0.2) is 29.6 Å². The summed E-state index contributed by atoms with van der Waals surface area (Å²) >= 11 is 0. The third-order valence-corrected chi connectivity index (χ3v) is 3.96. The van der Waals surface area contributed by atoms with Gasteiger partial charge in [0, 0.05) is 23.2 Å². The molecule has 0 unspecified atom stereocenters. The van der Waals surface area contributed by atoms with Crippen LogP contribution in [0.4, 0.5) is 5.95 Å². The van der Waals surface area contributed by atoms with Crippen molar-refractivity contribution in [2.24, 2.45) is 0 Å². The van der Waals surface area contributed by atoms with Gasteiger partial charge >= 0.3 is 0 Å². The van der Waals surface area contributed by atoms with Crippen LogP contribution in [0.5, 0.6) is 0 Å². The number of pyridine rings is 1. The van der Waals surface area contributed by atoms with Crippen LogP contribution >= 0.6 is 0 Å². The van der Waals surface area contributed by atoms with Gasteiger partial charge in [0.2, 0.25) is 5.95 Å². The van der Waals surface area contributed by atoms with Gasteiger partial charge in [0.05, 0.1) is 22.1 Å². The fourth-order valence-corrected chi connectivity index (χ4v) is 2.56. The van der Waals surface area contributed by atoms with Gasteiger partial charge in [-0.3, -0.25) is 4.98 Å². The molecule has 96 valence electrons. The van der Waals surface area contributed by atoms with Gasteiger partial charge in [-0.25, -0.2) is 18.4 Å². The highest BCUT2D eigenvalue weighted by molar-refractivity contribution is 7.90. The maximum atomic E-state index is 11.5. The first-order valence-corrected chi connectivity index (χ1v) is 7.35. The first-order valence-electron chi connectivity index (χ1n) is 5.46. The Balaban J connectivity index is 2.39. The highest BCUT2D eigenvalue weighted by Gasteiger charge is 2.10. The highest BCUT2D eigenvalue weighted by atomic mass is 32.2. The fourth-order valence-electron chi connectivity index (χ4n) is 1.92. The Morgan fingerprint density at radius 2 is 1.84 bits per heavy atom. The van der Waals surface area contributed by atoms with Gasteiger partial charge in [0.1, 0.15) is 0 Å². The number of anilines is 1. The SMILES string of the molecule is CS(=O)(=O)c1ccc2c(c1)ncc1nc(N)ncc12. The van der Waals surface area contributed by atoms with Gasteiger partial charge in [-0.05, 0) is 12.1 Å². The van der Waals surface area contributed by atoms with Crippen molar-refractivity contribution in [1.82, 2.24) is 15.0 Å². The van der Waals surface area contributed by atoms with Crippen LogP contribution in [0.15, 0.2) is 35.5 Å². The fraction of sp³-hybridized carbons (Fsp3) is 0.0833. The second kappa shape index (κ2) is 3.86. The van der Waals surface area contributed by atoms with Crippen LogP contribution in [0.2, 0.25) is 0 Å². The van der Waals surface area contributed by atoms with Gasteiger partial charge < -0.3 is 5.73 Å². The molecule has 2 aromatic heterocycles. The van der Waals surface area contributed by atoms with Crippen molar-refractivity contribution < 1.29 is 8.42 Å². The summed E-state index contributed by atoms with van der Waals surface area (Å²) in [5.41, 5.74) is 6.74. The van der Waals surface area contributed by atoms with E-state index in [1.54, 1.807) is 30.6 Å². The van der Waals surface area contributed by atoms with Crippen molar-refractivity contribution in [2.75, 3.05) is 12.0 Å². The molecule has 0 aliphatic carbocycles. The Kier molecular flexibility index (Phi) is 2.39. The first-order chi connectivity index (χ1) is 8.95. The van der Waals surface area contributed by atoms with E-state index in [1.165, 1.54) is 6.26 Å². The van der Waals surface area contributed by atoms with E-state index in [0.717, 1.165) is 10.8 Å². The molecular formula is C12H10N4O2S. The first kappa shape index (κ1) is 11.8. The zero-order chi connectivity index (χ0) is 13.6. The minimum absolute atomic E-state index is 0.182. The van der Waals surface area contributed by atoms with E-state index in [2.05, 4.69) is 15.0 Å². The molecule has 7 heteroatoms. The van der Waals surface area contributed by atoms with E-state index in [0.29, 0.717) is 11.0 Å². The highest BCUT2D eigenvalue weighted by Crippen LogP contribution is 2.24. The molecule has 0 saturated carbocycles. The lowest BCUT2D eigenvalue weighted by Crippen LogP contribution is -1.98. The average molecular weight is 274 g/mol. The van der Waals surface area contributed by atoms with Crippen molar-refractivity contribution in [3.8, 4) is 0 Å². The van der Waals surface area contributed by atoms with Crippen molar-refractivity contribution >= 4 is 37.6 Å². The molecule has 0 spiro atoms. The molecule has 0 fully saturated rings. The average Bonchev–Trinajstić information content (AvgIpc) is 2.36. The summed E-state index contributed by atoms with van der Waals surface area (Å²) in [6.07, 6.45) is 4.34. The molecule has 3 aromatic rings. The lowest BCUT2D eigenvalue weighted by Gasteiger charge is -2.04. The van der Waals surface area contributed by atoms with Crippen LogP contribution < -0.4 is 5.73 Å². The van der Waals surface area contributed by atoms with Gasteiger partial charge in [-0.15, -0.1) is 0 Å². The molecule has 2 heterocycles. The number of sulfone groups is 1. The van der Waals surface area contributed by atoms with E-state index in [1.807, 2.05) is 0 Å². The van der Waals surface area contributed by atoms with Crippen molar-refractivity contribution in [1.29, 1.82) is 0 Å². The molecular weight excluding hydrogens is 264 g/mol. The zero-order valence-corrected chi connectivity index (χ0v) is 10.8. The number of hydrogen-bond acceptors (Lipinski definition) is 6. The number of nitrogens with zero attached hydrogens (tertiary/aromatic N) is 3. The van der Waals surface area contributed by atoms with Gasteiger partial charge in [0.25, 0.3) is 0 Å². The van der Waals surface area contributed by atoms with E-state index in [-0.39, 0.29) is 10.8 Å². The van der Waals surface area contributed by atoms with Crippen molar-refractivity contribution in [2.45, 2.75) is 4.90 Å². The molecule has 0 aliphatic heterocycles. The third-order valence-electron chi connectivity index (χ3n) is 2.85. The summed E-state index contributed by atoms with van der Waals surface area (Å²) in [6, 6.07) is 4.80. The second-order valence-corrected chi connectivity index (χ2v) is 6.25.